The Labute approximate surface area is 110 Å². The predicted molar refractivity (Wildman–Crippen MR) is 74.4 cm³/mol. The smallest absolute Gasteiger partial charge is 0.125 e. The van der Waals surface area contributed by atoms with E-state index in [0.717, 1.165) is 25.6 Å². The summed E-state index contributed by atoms with van der Waals surface area (Å²) in [6.45, 7) is 7.53. The van der Waals surface area contributed by atoms with Crippen LogP contribution in [-0.2, 0) is 0 Å². The molecule has 1 saturated heterocycles. The minimum atomic E-state index is 0.638. The molecule has 2 heteroatoms. The molecule has 0 bridgehead atoms. The highest BCUT2D eigenvalue weighted by Gasteiger charge is 2.25. The predicted octanol–water partition coefficient (Wildman–Crippen LogP) is 3.17. The molecule has 1 heterocycles. The summed E-state index contributed by atoms with van der Waals surface area (Å²) in [5, 5.41) is 3.45. The SMILES string of the molecule is Cc1ccc(C2CCNC2)c(OCC2CC2)c1C. The Morgan fingerprint density at radius 3 is 2.72 bits per heavy atom. The van der Waals surface area contributed by atoms with Crippen LogP contribution < -0.4 is 10.1 Å². The van der Waals surface area contributed by atoms with Gasteiger partial charge in [0.1, 0.15) is 5.75 Å². The first kappa shape index (κ1) is 12.0. The largest absolute Gasteiger partial charge is 0.493 e. The number of rotatable bonds is 4. The van der Waals surface area contributed by atoms with Crippen molar-refractivity contribution in [2.45, 2.75) is 39.0 Å². The maximum absolute atomic E-state index is 6.16. The average Bonchev–Trinajstić information content (AvgIpc) is 3.04. The molecule has 0 amide bonds. The Hall–Kier alpha value is -1.02. The summed E-state index contributed by atoms with van der Waals surface area (Å²) in [5.41, 5.74) is 4.10. The summed E-state index contributed by atoms with van der Waals surface area (Å²) in [6.07, 6.45) is 3.94. The van der Waals surface area contributed by atoms with Gasteiger partial charge in [-0.2, -0.15) is 0 Å². The van der Waals surface area contributed by atoms with Crippen LogP contribution in [0.25, 0.3) is 0 Å². The van der Waals surface area contributed by atoms with E-state index in [-0.39, 0.29) is 0 Å². The third kappa shape index (κ3) is 2.39. The van der Waals surface area contributed by atoms with E-state index < -0.39 is 0 Å². The number of benzene rings is 1. The van der Waals surface area contributed by atoms with Crippen molar-refractivity contribution in [3.63, 3.8) is 0 Å². The van der Waals surface area contributed by atoms with Crippen molar-refractivity contribution in [1.82, 2.24) is 5.32 Å². The van der Waals surface area contributed by atoms with Crippen LogP contribution >= 0.6 is 0 Å². The standard InChI is InChI=1S/C16H23NO/c1-11-3-6-15(14-7-8-17-9-14)16(12(11)2)18-10-13-4-5-13/h3,6,13-14,17H,4-5,7-10H2,1-2H3. The van der Waals surface area contributed by atoms with Gasteiger partial charge >= 0.3 is 0 Å². The summed E-state index contributed by atoms with van der Waals surface area (Å²) in [4.78, 5) is 0. The van der Waals surface area contributed by atoms with Crippen LogP contribution in [0.3, 0.4) is 0 Å². The van der Waals surface area contributed by atoms with E-state index >= 15 is 0 Å². The van der Waals surface area contributed by atoms with E-state index in [2.05, 4.69) is 31.3 Å². The highest BCUT2D eigenvalue weighted by molar-refractivity contribution is 5.47. The fourth-order valence-corrected chi connectivity index (χ4v) is 2.73. The van der Waals surface area contributed by atoms with Gasteiger partial charge in [-0.1, -0.05) is 12.1 Å². The molecule has 1 aliphatic carbocycles. The van der Waals surface area contributed by atoms with Crippen LogP contribution in [0, 0.1) is 19.8 Å². The molecule has 1 saturated carbocycles. The summed E-state index contributed by atoms with van der Waals surface area (Å²) in [6, 6.07) is 4.52. The highest BCUT2D eigenvalue weighted by Crippen LogP contribution is 2.37. The molecular weight excluding hydrogens is 222 g/mol. The second-order valence-electron chi connectivity index (χ2n) is 5.87. The van der Waals surface area contributed by atoms with Crippen molar-refractivity contribution < 1.29 is 4.74 Å². The lowest BCUT2D eigenvalue weighted by atomic mass is 9.93. The Bertz CT molecular complexity index is 431. The summed E-state index contributed by atoms with van der Waals surface area (Å²) in [7, 11) is 0. The normalized spacial score (nSPS) is 23.3. The molecule has 1 aliphatic heterocycles. The Kier molecular flexibility index (Phi) is 3.29. The van der Waals surface area contributed by atoms with E-state index in [4.69, 9.17) is 4.74 Å². The number of nitrogens with one attached hydrogen (secondary N) is 1. The maximum atomic E-state index is 6.16. The van der Waals surface area contributed by atoms with Crippen molar-refractivity contribution in [3.05, 3.63) is 28.8 Å². The molecule has 0 radical (unpaired) electrons. The molecule has 1 atom stereocenters. The zero-order valence-electron chi connectivity index (χ0n) is 11.5. The lowest BCUT2D eigenvalue weighted by Gasteiger charge is -2.19. The van der Waals surface area contributed by atoms with E-state index in [9.17, 15) is 0 Å². The first-order valence-electron chi connectivity index (χ1n) is 7.19. The molecule has 0 aromatic heterocycles. The molecule has 98 valence electrons. The Morgan fingerprint density at radius 1 is 1.22 bits per heavy atom. The fraction of sp³-hybridized carbons (Fsp3) is 0.625. The quantitative estimate of drug-likeness (QED) is 0.879. The Balaban J connectivity index is 1.87. The molecular formula is C16H23NO. The molecule has 2 aliphatic rings. The lowest BCUT2D eigenvalue weighted by molar-refractivity contribution is 0.293. The van der Waals surface area contributed by atoms with Crippen LogP contribution in [-0.4, -0.2) is 19.7 Å². The molecule has 1 aromatic rings. The number of aryl methyl sites for hydroxylation is 1. The van der Waals surface area contributed by atoms with Gasteiger partial charge in [-0.3, -0.25) is 0 Å². The number of hydrogen-bond acceptors (Lipinski definition) is 2. The monoisotopic (exact) mass is 245 g/mol. The van der Waals surface area contributed by atoms with Crippen molar-refractivity contribution in [2.24, 2.45) is 5.92 Å². The molecule has 2 fully saturated rings. The molecule has 18 heavy (non-hydrogen) atoms. The van der Waals surface area contributed by atoms with Gasteiger partial charge in [0.05, 0.1) is 6.61 Å². The zero-order valence-corrected chi connectivity index (χ0v) is 11.5. The fourth-order valence-electron chi connectivity index (χ4n) is 2.73. The zero-order chi connectivity index (χ0) is 12.5. The van der Waals surface area contributed by atoms with Gasteiger partial charge in [0.15, 0.2) is 0 Å². The molecule has 1 N–H and O–H groups in total. The van der Waals surface area contributed by atoms with Gasteiger partial charge in [0.2, 0.25) is 0 Å². The molecule has 2 nitrogen and oxygen atoms in total. The van der Waals surface area contributed by atoms with E-state index in [1.165, 1.54) is 41.7 Å². The van der Waals surface area contributed by atoms with Crippen molar-refractivity contribution in [2.75, 3.05) is 19.7 Å². The minimum Gasteiger partial charge on any atom is -0.493 e. The average molecular weight is 245 g/mol. The van der Waals surface area contributed by atoms with Crippen molar-refractivity contribution in [1.29, 1.82) is 0 Å². The van der Waals surface area contributed by atoms with Crippen LogP contribution in [0.4, 0.5) is 0 Å². The topological polar surface area (TPSA) is 21.3 Å². The third-order valence-electron chi connectivity index (χ3n) is 4.37. The third-order valence-corrected chi connectivity index (χ3v) is 4.37. The van der Waals surface area contributed by atoms with Gasteiger partial charge in [-0.25, -0.2) is 0 Å². The molecule has 0 spiro atoms. The van der Waals surface area contributed by atoms with Gasteiger partial charge in [0, 0.05) is 12.5 Å². The molecule has 1 aromatic carbocycles. The second-order valence-corrected chi connectivity index (χ2v) is 5.87. The van der Waals surface area contributed by atoms with Crippen LogP contribution in [0.1, 0.15) is 41.9 Å². The lowest BCUT2D eigenvalue weighted by Crippen LogP contribution is -2.11. The van der Waals surface area contributed by atoms with Gasteiger partial charge in [0.25, 0.3) is 0 Å². The van der Waals surface area contributed by atoms with E-state index in [1.54, 1.807) is 0 Å². The first-order chi connectivity index (χ1) is 8.75. The van der Waals surface area contributed by atoms with Crippen molar-refractivity contribution in [3.8, 4) is 5.75 Å². The van der Waals surface area contributed by atoms with Crippen LogP contribution in [0.15, 0.2) is 12.1 Å². The minimum absolute atomic E-state index is 0.638. The molecule has 3 rings (SSSR count). The first-order valence-corrected chi connectivity index (χ1v) is 7.19. The van der Waals surface area contributed by atoms with Crippen LogP contribution in [0.2, 0.25) is 0 Å². The highest BCUT2D eigenvalue weighted by atomic mass is 16.5. The summed E-state index contributed by atoms with van der Waals surface area (Å²) in [5.74, 6) is 2.63. The van der Waals surface area contributed by atoms with E-state index in [1.807, 2.05) is 0 Å². The van der Waals surface area contributed by atoms with E-state index in [0.29, 0.717) is 5.92 Å². The van der Waals surface area contributed by atoms with Gasteiger partial charge in [-0.05, 0) is 62.3 Å². The summed E-state index contributed by atoms with van der Waals surface area (Å²) < 4.78 is 6.16. The maximum Gasteiger partial charge on any atom is 0.125 e. The molecule has 1 unspecified atom stereocenters. The van der Waals surface area contributed by atoms with Crippen LogP contribution in [0.5, 0.6) is 5.75 Å². The van der Waals surface area contributed by atoms with Gasteiger partial charge in [-0.15, -0.1) is 0 Å². The van der Waals surface area contributed by atoms with Gasteiger partial charge < -0.3 is 10.1 Å². The summed E-state index contributed by atoms with van der Waals surface area (Å²) >= 11 is 0. The number of hydrogen-bond donors (Lipinski definition) is 1. The Morgan fingerprint density at radius 2 is 2.06 bits per heavy atom. The number of ether oxygens (including phenoxy) is 1. The second kappa shape index (κ2) is 4.93. The van der Waals surface area contributed by atoms with Crippen molar-refractivity contribution >= 4 is 0 Å².